The molecule has 0 amide bonds. The Kier molecular flexibility index (Phi) is 12.0. The standard InChI is InChI=1S/C38H59N3/c1-24(2)31-16-13-17-32(25(3)4)37(31)39-22-30(41-35(28(9)10)20-15-21-36(41)29(11)12)23-40-38-33(26(5)6)18-14-19-34(38)27(7)8/h13-14,16-19,22-30,35-36H,15,20-21H2,1-12H3. The highest BCUT2D eigenvalue weighted by Crippen LogP contribution is 2.38. The lowest BCUT2D eigenvalue weighted by Crippen LogP contribution is -2.56. The van der Waals surface area contributed by atoms with Crippen molar-refractivity contribution in [1.82, 2.24) is 4.90 Å². The van der Waals surface area contributed by atoms with Crippen molar-refractivity contribution in [3.05, 3.63) is 58.7 Å². The molecule has 0 spiro atoms. The molecule has 0 aliphatic carbocycles. The molecule has 0 saturated carbocycles. The Labute approximate surface area is 253 Å². The molecule has 2 atom stereocenters. The van der Waals surface area contributed by atoms with Crippen molar-refractivity contribution in [3.63, 3.8) is 0 Å². The summed E-state index contributed by atoms with van der Waals surface area (Å²) in [7, 11) is 0. The maximum atomic E-state index is 5.38. The van der Waals surface area contributed by atoms with Gasteiger partial charge in [-0.3, -0.25) is 14.9 Å². The van der Waals surface area contributed by atoms with E-state index in [0.717, 1.165) is 11.4 Å². The number of likely N-dealkylation sites (tertiary alicyclic amines) is 1. The molecule has 3 rings (SSSR count). The molecule has 2 aromatic rings. The molecule has 2 unspecified atom stereocenters. The molecule has 0 radical (unpaired) electrons. The third-order valence-electron chi connectivity index (χ3n) is 9.05. The number of para-hydroxylation sites is 2. The van der Waals surface area contributed by atoms with Gasteiger partial charge in [0, 0.05) is 24.5 Å². The first-order valence-corrected chi connectivity index (χ1v) is 16.5. The van der Waals surface area contributed by atoms with Gasteiger partial charge in [-0.1, -0.05) is 126 Å². The Morgan fingerprint density at radius 2 is 0.878 bits per heavy atom. The lowest BCUT2D eigenvalue weighted by atomic mass is 9.83. The Balaban J connectivity index is 2.24. The summed E-state index contributed by atoms with van der Waals surface area (Å²) in [6, 6.07) is 14.5. The summed E-state index contributed by atoms with van der Waals surface area (Å²) in [6.07, 6.45) is 8.24. The van der Waals surface area contributed by atoms with Crippen LogP contribution in [0.1, 0.15) is 148 Å². The van der Waals surface area contributed by atoms with Crippen LogP contribution in [0.15, 0.2) is 46.4 Å². The van der Waals surface area contributed by atoms with E-state index in [1.165, 1.54) is 41.5 Å². The van der Waals surface area contributed by atoms with Crippen LogP contribution in [0.25, 0.3) is 0 Å². The van der Waals surface area contributed by atoms with Crippen molar-refractivity contribution in [2.45, 2.75) is 144 Å². The second-order valence-electron chi connectivity index (χ2n) is 14.2. The fraction of sp³-hybridized carbons (Fsp3) is 0.632. The predicted octanol–water partition coefficient (Wildman–Crippen LogP) is 11.2. The van der Waals surface area contributed by atoms with Gasteiger partial charge in [0.15, 0.2) is 0 Å². The summed E-state index contributed by atoms with van der Waals surface area (Å²) in [5.74, 6) is 2.82. The van der Waals surface area contributed by atoms with Gasteiger partial charge in [-0.05, 0) is 70.6 Å². The maximum absolute atomic E-state index is 5.38. The van der Waals surface area contributed by atoms with Crippen LogP contribution in [0.3, 0.4) is 0 Å². The molecule has 3 nitrogen and oxygen atoms in total. The fourth-order valence-corrected chi connectivity index (χ4v) is 6.69. The van der Waals surface area contributed by atoms with Crippen LogP contribution in [0.2, 0.25) is 0 Å². The lowest BCUT2D eigenvalue weighted by Gasteiger charge is -2.48. The average molecular weight is 558 g/mol. The van der Waals surface area contributed by atoms with E-state index in [1.54, 1.807) is 0 Å². The molecule has 226 valence electrons. The zero-order valence-corrected chi connectivity index (χ0v) is 28.3. The predicted molar refractivity (Wildman–Crippen MR) is 182 cm³/mol. The van der Waals surface area contributed by atoms with Gasteiger partial charge >= 0.3 is 0 Å². The minimum atomic E-state index is 0.0237. The van der Waals surface area contributed by atoms with E-state index in [9.17, 15) is 0 Å². The van der Waals surface area contributed by atoms with Crippen molar-refractivity contribution in [2.75, 3.05) is 0 Å². The number of nitrogens with zero attached hydrogens (tertiary/aromatic N) is 3. The molecule has 1 heterocycles. The summed E-state index contributed by atoms with van der Waals surface area (Å²) < 4.78 is 0. The van der Waals surface area contributed by atoms with Crippen LogP contribution in [0.5, 0.6) is 0 Å². The monoisotopic (exact) mass is 557 g/mol. The molecular formula is C38H59N3. The van der Waals surface area contributed by atoms with Crippen molar-refractivity contribution in [1.29, 1.82) is 0 Å². The minimum Gasteiger partial charge on any atom is -0.284 e. The van der Waals surface area contributed by atoms with E-state index in [1.807, 2.05) is 0 Å². The molecule has 1 saturated heterocycles. The van der Waals surface area contributed by atoms with Gasteiger partial charge in [-0.2, -0.15) is 0 Å². The van der Waals surface area contributed by atoms with E-state index < -0.39 is 0 Å². The molecule has 1 aliphatic heterocycles. The van der Waals surface area contributed by atoms with Crippen molar-refractivity contribution in [2.24, 2.45) is 21.8 Å². The largest absolute Gasteiger partial charge is 0.284 e. The summed E-state index contributed by atoms with van der Waals surface area (Å²) in [6.45, 7) is 27.8. The highest BCUT2D eigenvalue weighted by molar-refractivity contribution is 5.91. The second kappa shape index (κ2) is 14.8. The third kappa shape index (κ3) is 7.98. The molecule has 0 bridgehead atoms. The first-order chi connectivity index (χ1) is 19.3. The topological polar surface area (TPSA) is 28.0 Å². The number of rotatable bonds is 11. The zero-order valence-electron chi connectivity index (χ0n) is 28.3. The summed E-state index contributed by atoms with van der Waals surface area (Å²) in [5.41, 5.74) is 7.62. The molecule has 0 N–H and O–H groups in total. The van der Waals surface area contributed by atoms with E-state index in [2.05, 4.69) is 137 Å². The summed E-state index contributed by atoms with van der Waals surface area (Å²) in [5, 5.41) is 0. The van der Waals surface area contributed by atoms with Crippen LogP contribution in [0, 0.1) is 11.8 Å². The highest BCUT2D eigenvalue weighted by atomic mass is 15.2. The highest BCUT2D eigenvalue weighted by Gasteiger charge is 2.37. The molecule has 0 aromatic heterocycles. The normalized spacial score (nSPS) is 19.9. The number of aliphatic imine (C=N–C) groups is 2. The van der Waals surface area contributed by atoms with Crippen molar-refractivity contribution in [3.8, 4) is 0 Å². The molecule has 1 fully saturated rings. The van der Waals surface area contributed by atoms with Gasteiger partial charge in [0.2, 0.25) is 0 Å². The smallest absolute Gasteiger partial charge is 0.0814 e. The van der Waals surface area contributed by atoms with Crippen LogP contribution in [-0.4, -0.2) is 35.5 Å². The Morgan fingerprint density at radius 1 is 0.561 bits per heavy atom. The van der Waals surface area contributed by atoms with Gasteiger partial charge in [0.25, 0.3) is 0 Å². The minimum absolute atomic E-state index is 0.0237. The Bertz CT molecular complexity index is 1030. The van der Waals surface area contributed by atoms with Gasteiger partial charge in [0.1, 0.15) is 0 Å². The van der Waals surface area contributed by atoms with E-state index in [-0.39, 0.29) is 6.04 Å². The van der Waals surface area contributed by atoms with Gasteiger partial charge in [-0.15, -0.1) is 0 Å². The third-order valence-corrected chi connectivity index (χ3v) is 9.05. The Hall–Kier alpha value is -2.26. The quantitative estimate of drug-likeness (QED) is 0.252. The zero-order chi connectivity index (χ0) is 30.4. The molecule has 41 heavy (non-hydrogen) atoms. The average Bonchev–Trinajstić information content (AvgIpc) is 2.91. The van der Waals surface area contributed by atoms with Gasteiger partial charge < -0.3 is 0 Å². The van der Waals surface area contributed by atoms with E-state index in [4.69, 9.17) is 9.98 Å². The van der Waals surface area contributed by atoms with Crippen LogP contribution in [-0.2, 0) is 0 Å². The molecule has 3 heteroatoms. The van der Waals surface area contributed by atoms with Crippen molar-refractivity contribution >= 4 is 23.8 Å². The molecule has 1 aliphatic rings. The number of hydrogen-bond acceptors (Lipinski definition) is 3. The van der Waals surface area contributed by atoms with Crippen LogP contribution in [0.4, 0.5) is 11.4 Å². The van der Waals surface area contributed by atoms with Crippen LogP contribution < -0.4 is 0 Å². The molecule has 2 aromatic carbocycles. The molecular weight excluding hydrogens is 498 g/mol. The van der Waals surface area contributed by atoms with Gasteiger partial charge in [-0.25, -0.2) is 0 Å². The van der Waals surface area contributed by atoms with Crippen molar-refractivity contribution < 1.29 is 0 Å². The first kappa shape index (κ1) is 33.2. The maximum Gasteiger partial charge on any atom is 0.0814 e. The second-order valence-corrected chi connectivity index (χ2v) is 14.2. The SMILES string of the molecule is CC(C)c1cccc(C(C)C)c1N=CC(C=Nc1c(C(C)C)cccc1C(C)C)N1C(C(C)C)CCCC1C(C)C. The number of hydrogen-bond donors (Lipinski definition) is 0. The van der Waals surface area contributed by atoms with Gasteiger partial charge in [0.05, 0.1) is 17.4 Å². The van der Waals surface area contributed by atoms with Crippen LogP contribution >= 0.6 is 0 Å². The van der Waals surface area contributed by atoms with E-state index >= 15 is 0 Å². The fourth-order valence-electron chi connectivity index (χ4n) is 6.69. The number of piperidine rings is 1. The number of benzene rings is 2. The van der Waals surface area contributed by atoms with E-state index in [0.29, 0.717) is 47.6 Å². The Morgan fingerprint density at radius 3 is 1.15 bits per heavy atom. The first-order valence-electron chi connectivity index (χ1n) is 16.5. The summed E-state index contributed by atoms with van der Waals surface area (Å²) in [4.78, 5) is 13.5. The summed E-state index contributed by atoms with van der Waals surface area (Å²) >= 11 is 0. The lowest BCUT2D eigenvalue weighted by molar-refractivity contribution is 0.0354.